The first-order valence-electron chi connectivity index (χ1n) is 10.6. The van der Waals surface area contributed by atoms with Crippen molar-refractivity contribution in [3.63, 3.8) is 0 Å². The van der Waals surface area contributed by atoms with E-state index >= 15 is 0 Å². The Morgan fingerprint density at radius 2 is 1.79 bits per heavy atom. The molecule has 5 rings (SSSR count). The van der Waals surface area contributed by atoms with E-state index in [9.17, 15) is 4.79 Å². The molecule has 8 heteroatoms. The average Bonchev–Trinajstić information content (AvgIpc) is 3.44. The number of amides is 1. The quantitative estimate of drug-likeness (QED) is 0.309. The van der Waals surface area contributed by atoms with Crippen LogP contribution in [0.15, 0.2) is 82.4 Å². The van der Waals surface area contributed by atoms with Crippen molar-refractivity contribution in [2.45, 2.75) is 25.3 Å². The maximum atomic E-state index is 12.5. The first kappa shape index (κ1) is 21.1. The minimum Gasteiger partial charge on any atom is -0.484 e. The number of ether oxygens (including phenoxy) is 1. The average molecular weight is 459 g/mol. The molecule has 0 spiro atoms. The molecule has 3 aromatic carbocycles. The summed E-state index contributed by atoms with van der Waals surface area (Å²) in [6.45, 7) is 3.19. The summed E-state index contributed by atoms with van der Waals surface area (Å²) in [4.78, 5) is 12.5. The Morgan fingerprint density at radius 3 is 2.64 bits per heavy atom. The van der Waals surface area contributed by atoms with Crippen LogP contribution >= 0.6 is 11.8 Å². The van der Waals surface area contributed by atoms with Crippen molar-refractivity contribution in [1.29, 1.82) is 0 Å². The van der Waals surface area contributed by atoms with Crippen LogP contribution in [-0.4, -0.2) is 26.4 Å². The van der Waals surface area contributed by atoms with E-state index in [0.717, 1.165) is 28.9 Å². The van der Waals surface area contributed by atoms with Gasteiger partial charge in [0.25, 0.3) is 11.1 Å². The number of aryl methyl sites for hydroxylation is 1. The van der Waals surface area contributed by atoms with Gasteiger partial charge in [-0.15, -0.1) is 10.2 Å². The standard InChI is InChI=1S/C25H22N4O3S/c1-2-29-21-11-7-6-10-19(21)20-14-17(12-13-22(20)29)26-23(30)16-33-25-28-27-24(32-25)15-31-18-8-4-3-5-9-18/h3-14H,2,15-16H2,1H3,(H,26,30). The zero-order chi connectivity index (χ0) is 22.6. The van der Waals surface area contributed by atoms with Crippen LogP contribution in [0.5, 0.6) is 5.75 Å². The van der Waals surface area contributed by atoms with Gasteiger partial charge in [-0.2, -0.15) is 0 Å². The molecule has 0 radical (unpaired) electrons. The fourth-order valence-electron chi connectivity index (χ4n) is 3.81. The summed E-state index contributed by atoms with van der Waals surface area (Å²) in [7, 11) is 0. The SMILES string of the molecule is CCn1c2ccccc2c2cc(NC(=O)CSc3nnc(COc4ccccc4)o3)ccc21. The number of carbonyl (C=O) groups excluding carboxylic acids is 1. The van der Waals surface area contributed by atoms with Crippen LogP contribution in [0.25, 0.3) is 21.8 Å². The van der Waals surface area contributed by atoms with Gasteiger partial charge in [0.1, 0.15) is 5.75 Å². The number of hydrogen-bond acceptors (Lipinski definition) is 6. The number of para-hydroxylation sites is 2. The van der Waals surface area contributed by atoms with Crippen LogP contribution in [0.4, 0.5) is 5.69 Å². The van der Waals surface area contributed by atoms with E-state index in [-0.39, 0.29) is 18.3 Å². The Bertz CT molecular complexity index is 1410. The molecule has 0 aliphatic rings. The molecule has 166 valence electrons. The minimum atomic E-state index is -0.140. The lowest BCUT2D eigenvalue weighted by molar-refractivity contribution is -0.113. The van der Waals surface area contributed by atoms with Crippen molar-refractivity contribution in [2.24, 2.45) is 0 Å². The maximum absolute atomic E-state index is 12.5. The second-order valence-corrected chi connectivity index (χ2v) is 8.32. The molecule has 0 saturated heterocycles. The van der Waals surface area contributed by atoms with E-state index in [4.69, 9.17) is 9.15 Å². The molecule has 1 amide bonds. The molecule has 1 N–H and O–H groups in total. The van der Waals surface area contributed by atoms with E-state index in [1.165, 1.54) is 22.7 Å². The molecule has 0 fully saturated rings. The third-order valence-corrected chi connectivity index (χ3v) is 6.07. The van der Waals surface area contributed by atoms with Crippen molar-refractivity contribution < 1.29 is 13.9 Å². The highest BCUT2D eigenvalue weighted by atomic mass is 32.2. The summed E-state index contributed by atoms with van der Waals surface area (Å²) in [5.74, 6) is 1.11. The largest absolute Gasteiger partial charge is 0.484 e. The number of rotatable bonds is 8. The number of anilines is 1. The van der Waals surface area contributed by atoms with Gasteiger partial charge in [0, 0.05) is 34.0 Å². The summed E-state index contributed by atoms with van der Waals surface area (Å²) in [6, 6.07) is 23.7. The zero-order valence-electron chi connectivity index (χ0n) is 18.0. The predicted molar refractivity (Wildman–Crippen MR) is 130 cm³/mol. The van der Waals surface area contributed by atoms with E-state index in [2.05, 4.69) is 45.2 Å². The molecule has 0 unspecified atom stereocenters. The highest BCUT2D eigenvalue weighted by Gasteiger charge is 2.13. The van der Waals surface area contributed by atoms with E-state index in [1.54, 1.807) is 0 Å². The van der Waals surface area contributed by atoms with Crippen molar-refractivity contribution >= 4 is 45.2 Å². The number of hydrogen-bond donors (Lipinski definition) is 1. The molecule has 2 aromatic heterocycles. The van der Waals surface area contributed by atoms with Gasteiger partial charge in [-0.25, -0.2) is 0 Å². The molecule has 0 saturated carbocycles. The first-order chi connectivity index (χ1) is 16.2. The van der Waals surface area contributed by atoms with Gasteiger partial charge in [-0.1, -0.05) is 48.2 Å². The van der Waals surface area contributed by atoms with Gasteiger partial charge >= 0.3 is 0 Å². The van der Waals surface area contributed by atoms with Gasteiger partial charge in [0.15, 0.2) is 6.61 Å². The molecule has 7 nitrogen and oxygen atoms in total. The smallest absolute Gasteiger partial charge is 0.277 e. The molecule has 0 bridgehead atoms. The number of nitrogens with zero attached hydrogens (tertiary/aromatic N) is 3. The third-order valence-electron chi connectivity index (χ3n) is 5.25. The Labute approximate surface area is 194 Å². The zero-order valence-corrected chi connectivity index (χ0v) is 18.8. The van der Waals surface area contributed by atoms with Crippen molar-refractivity contribution in [1.82, 2.24) is 14.8 Å². The number of nitrogens with one attached hydrogen (secondary N) is 1. The summed E-state index contributed by atoms with van der Waals surface area (Å²) < 4.78 is 13.4. The summed E-state index contributed by atoms with van der Waals surface area (Å²) in [5, 5.41) is 13.5. The summed E-state index contributed by atoms with van der Waals surface area (Å²) in [6.07, 6.45) is 0. The monoisotopic (exact) mass is 458 g/mol. The Hall–Kier alpha value is -3.78. The summed E-state index contributed by atoms with van der Waals surface area (Å²) in [5.41, 5.74) is 3.11. The lowest BCUT2D eigenvalue weighted by atomic mass is 10.1. The van der Waals surface area contributed by atoms with Crippen LogP contribution in [0.1, 0.15) is 12.8 Å². The molecule has 0 atom stereocenters. The van der Waals surface area contributed by atoms with Gasteiger partial charge in [0.05, 0.1) is 5.75 Å². The van der Waals surface area contributed by atoms with Crippen LogP contribution in [0, 0.1) is 0 Å². The fraction of sp³-hybridized carbons (Fsp3) is 0.160. The molecule has 0 aliphatic carbocycles. The Morgan fingerprint density at radius 1 is 1.00 bits per heavy atom. The molecule has 33 heavy (non-hydrogen) atoms. The second kappa shape index (κ2) is 9.38. The van der Waals surface area contributed by atoms with Crippen LogP contribution in [-0.2, 0) is 17.9 Å². The second-order valence-electron chi connectivity index (χ2n) is 7.39. The lowest BCUT2D eigenvalue weighted by Gasteiger charge is -2.06. The fourth-order valence-corrected chi connectivity index (χ4v) is 4.39. The van der Waals surface area contributed by atoms with Gasteiger partial charge < -0.3 is 19.0 Å². The van der Waals surface area contributed by atoms with Crippen molar-refractivity contribution in [2.75, 3.05) is 11.1 Å². The van der Waals surface area contributed by atoms with Gasteiger partial charge in [-0.3, -0.25) is 4.79 Å². The minimum absolute atomic E-state index is 0.140. The first-order valence-corrected chi connectivity index (χ1v) is 11.6. The number of aromatic nitrogens is 3. The normalized spacial score (nSPS) is 11.2. The number of carbonyl (C=O) groups is 1. The molecule has 0 aliphatic heterocycles. The van der Waals surface area contributed by atoms with E-state index < -0.39 is 0 Å². The van der Waals surface area contributed by atoms with Crippen LogP contribution < -0.4 is 10.1 Å². The Balaban J connectivity index is 1.21. The highest BCUT2D eigenvalue weighted by molar-refractivity contribution is 7.99. The van der Waals surface area contributed by atoms with Gasteiger partial charge in [-0.05, 0) is 43.3 Å². The van der Waals surface area contributed by atoms with Crippen molar-refractivity contribution in [3.05, 3.63) is 78.7 Å². The highest BCUT2D eigenvalue weighted by Crippen LogP contribution is 2.31. The topological polar surface area (TPSA) is 82.2 Å². The Kier molecular flexibility index (Phi) is 5.99. The number of benzene rings is 3. The van der Waals surface area contributed by atoms with E-state index in [0.29, 0.717) is 11.1 Å². The number of thioether (sulfide) groups is 1. The molecule has 5 aromatic rings. The number of fused-ring (bicyclic) bond motifs is 3. The molecular formula is C25H22N4O3S. The van der Waals surface area contributed by atoms with Crippen LogP contribution in [0.3, 0.4) is 0 Å². The lowest BCUT2D eigenvalue weighted by Crippen LogP contribution is -2.13. The predicted octanol–water partition coefficient (Wildman–Crippen LogP) is 5.51. The van der Waals surface area contributed by atoms with E-state index in [1.807, 2.05) is 54.6 Å². The molecular weight excluding hydrogens is 436 g/mol. The third kappa shape index (κ3) is 4.56. The van der Waals surface area contributed by atoms with Crippen molar-refractivity contribution in [3.8, 4) is 5.75 Å². The molecule has 2 heterocycles. The maximum Gasteiger partial charge on any atom is 0.277 e. The van der Waals surface area contributed by atoms with Crippen LogP contribution in [0.2, 0.25) is 0 Å². The van der Waals surface area contributed by atoms with Gasteiger partial charge in [0.2, 0.25) is 5.91 Å². The summed E-state index contributed by atoms with van der Waals surface area (Å²) >= 11 is 1.19.